The van der Waals surface area contributed by atoms with Crippen LogP contribution in [0.25, 0.3) is 0 Å². The summed E-state index contributed by atoms with van der Waals surface area (Å²) < 4.78 is 29.1. The number of aryl methyl sites for hydroxylation is 1. The van der Waals surface area contributed by atoms with Gasteiger partial charge in [-0.2, -0.15) is 17.4 Å². The second kappa shape index (κ2) is 7.35. The van der Waals surface area contributed by atoms with E-state index >= 15 is 0 Å². The van der Waals surface area contributed by atoms with Crippen molar-refractivity contribution in [1.82, 2.24) is 14.3 Å². The first-order chi connectivity index (χ1) is 10.0. The molecule has 0 saturated carbocycles. The van der Waals surface area contributed by atoms with Gasteiger partial charge in [0.2, 0.25) is 0 Å². The van der Waals surface area contributed by atoms with Gasteiger partial charge in [0.15, 0.2) is 0 Å². The van der Waals surface area contributed by atoms with Gasteiger partial charge < -0.3 is 5.32 Å². The van der Waals surface area contributed by atoms with Crippen LogP contribution in [0, 0.1) is 0 Å². The lowest BCUT2D eigenvalue weighted by Gasteiger charge is -2.28. The molecule has 0 heterocycles. The first kappa shape index (κ1) is 16.4. The first-order valence-corrected chi connectivity index (χ1v) is 8.94. The van der Waals surface area contributed by atoms with Crippen molar-refractivity contribution in [2.24, 2.45) is 0 Å². The zero-order chi connectivity index (χ0) is 15.3. The molecule has 5 nitrogen and oxygen atoms in total. The average Bonchev–Trinajstić information content (AvgIpc) is 2.47. The molecule has 0 aromatic heterocycles. The van der Waals surface area contributed by atoms with Crippen LogP contribution in [-0.4, -0.2) is 39.9 Å². The molecule has 1 aromatic carbocycles. The summed E-state index contributed by atoms with van der Waals surface area (Å²) in [4.78, 5) is 0. The van der Waals surface area contributed by atoms with Gasteiger partial charge in [-0.05, 0) is 50.4 Å². The maximum Gasteiger partial charge on any atom is 0.279 e. The molecule has 1 unspecified atom stereocenters. The Bertz CT molecular complexity index is 560. The molecule has 1 aromatic rings. The van der Waals surface area contributed by atoms with Crippen LogP contribution in [-0.2, 0) is 16.6 Å². The first-order valence-electron chi connectivity index (χ1n) is 7.50. The smallest absolute Gasteiger partial charge is 0.279 e. The Morgan fingerprint density at radius 1 is 1.33 bits per heavy atom. The second-order valence-corrected chi connectivity index (χ2v) is 7.35. The lowest BCUT2D eigenvalue weighted by Crippen LogP contribution is -2.41. The molecule has 0 amide bonds. The molecule has 0 radical (unpaired) electrons. The van der Waals surface area contributed by atoms with Gasteiger partial charge in [-0.3, -0.25) is 0 Å². The van der Waals surface area contributed by atoms with E-state index in [-0.39, 0.29) is 6.04 Å². The molecule has 0 spiro atoms. The molecule has 2 N–H and O–H groups in total. The van der Waals surface area contributed by atoms with Crippen molar-refractivity contribution in [3.8, 4) is 0 Å². The van der Waals surface area contributed by atoms with Crippen LogP contribution in [0.5, 0.6) is 0 Å². The normalized spacial score (nSPS) is 18.7. The van der Waals surface area contributed by atoms with Crippen LogP contribution in [0.1, 0.15) is 36.4 Å². The van der Waals surface area contributed by atoms with E-state index in [1.54, 1.807) is 7.05 Å². The van der Waals surface area contributed by atoms with Crippen molar-refractivity contribution in [2.75, 3.05) is 27.2 Å². The van der Waals surface area contributed by atoms with Gasteiger partial charge in [-0.1, -0.05) is 24.3 Å². The summed E-state index contributed by atoms with van der Waals surface area (Å²) in [5.41, 5.74) is 2.38. The molecule has 0 saturated heterocycles. The SMILES string of the molecule is CNCCCN(C)S(=O)(=O)NC1CCCc2ccccc21. The van der Waals surface area contributed by atoms with Gasteiger partial charge in [-0.25, -0.2) is 0 Å². The predicted octanol–water partition coefficient (Wildman–Crippen LogP) is 1.44. The lowest BCUT2D eigenvalue weighted by atomic mass is 9.88. The maximum atomic E-state index is 12.4. The van der Waals surface area contributed by atoms with E-state index < -0.39 is 10.2 Å². The van der Waals surface area contributed by atoms with Crippen LogP contribution in [0.15, 0.2) is 24.3 Å². The molecule has 2 rings (SSSR count). The molecular formula is C15H25N3O2S. The fourth-order valence-corrected chi connectivity index (χ4v) is 3.90. The largest absolute Gasteiger partial charge is 0.320 e. The standard InChI is InChI=1S/C15H25N3O2S/c1-16-11-6-12-18(2)21(19,20)17-15-10-5-8-13-7-3-4-9-14(13)15/h3-4,7,9,15-17H,5-6,8,10-12H2,1-2H3. The van der Waals surface area contributed by atoms with Gasteiger partial charge in [0, 0.05) is 19.6 Å². The zero-order valence-electron chi connectivity index (χ0n) is 12.8. The summed E-state index contributed by atoms with van der Waals surface area (Å²) >= 11 is 0. The highest BCUT2D eigenvalue weighted by Crippen LogP contribution is 2.30. The van der Waals surface area contributed by atoms with Gasteiger partial charge in [0.25, 0.3) is 10.2 Å². The van der Waals surface area contributed by atoms with E-state index in [0.29, 0.717) is 6.54 Å². The fourth-order valence-electron chi connectivity index (χ4n) is 2.74. The lowest BCUT2D eigenvalue weighted by molar-refractivity contribution is 0.428. The minimum Gasteiger partial charge on any atom is -0.320 e. The van der Waals surface area contributed by atoms with Gasteiger partial charge in [-0.15, -0.1) is 0 Å². The van der Waals surface area contributed by atoms with E-state index in [1.807, 2.05) is 25.2 Å². The topological polar surface area (TPSA) is 61.4 Å². The van der Waals surface area contributed by atoms with Crippen LogP contribution in [0.3, 0.4) is 0 Å². The van der Waals surface area contributed by atoms with Crippen LogP contribution in [0.2, 0.25) is 0 Å². The van der Waals surface area contributed by atoms with Gasteiger partial charge in [0.1, 0.15) is 0 Å². The van der Waals surface area contributed by atoms with E-state index in [2.05, 4.69) is 16.1 Å². The third kappa shape index (κ3) is 4.26. The third-order valence-electron chi connectivity index (χ3n) is 3.97. The Balaban J connectivity index is 2.04. The molecule has 0 fully saturated rings. The number of nitrogens with one attached hydrogen (secondary N) is 2. The van der Waals surface area contributed by atoms with Gasteiger partial charge >= 0.3 is 0 Å². The van der Waals surface area contributed by atoms with Crippen LogP contribution in [0.4, 0.5) is 0 Å². The van der Waals surface area contributed by atoms with E-state index in [0.717, 1.165) is 37.8 Å². The Morgan fingerprint density at radius 3 is 2.86 bits per heavy atom. The number of nitrogens with zero attached hydrogens (tertiary/aromatic N) is 1. The summed E-state index contributed by atoms with van der Waals surface area (Å²) in [7, 11) is 0.0709. The molecule has 21 heavy (non-hydrogen) atoms. The highest BCUT2D eigenvalue weighted by molar-refractivity contribution is 7.87. The molecule has 0 aliphatic heterocycles. The highest BCUT2D eigenvalue weighted by Gasteiger charge is 2.26. The number of hydrogen-bond acceptors (Lipinski definition) is 3. The van der Waals surface area contributed by atoms with Crippen molar-refractivity contribution in [3.05, 3.63) is 35.4 Å². The van der Waals surface area contributed by atoms with Crippen molar-refractivity contribution in [2.45, 2.75) is 31.7 Å². The zero-order valence-corrected chi connectivity index (χ0v) is 13.6. The maximum absolute atomic E-state index is 12.4. The summed E-state index contributed by atoms with van der Waals surface area (Å²) in [6.07, 6.45) is 3.72. The van der Waals surface area contributed by atoms with E-state index in [9.17, 15) is 8.42 Å². The summed E-state index contributed by atoms with van der Waals surface area (Å²) in [5, 5.41) is 3.03. The number of hydrogen-bond donors (Lipinski definition) is 2. The monoisotopic (exact) mass is 311 g/mol. The fraction of sp³-hybridized carbons (Fsp3) is 0.600. The molecule has 1 aliphatic carbocycles. The molecule has 6 heteroatoms. The van der Waals surface area contributed by atoms with Crippen LogP contribution < -0.4 is 10.0 Å². The summed E-state index contributed by atoms with van der Waals surface area (Å²) in [6, 6.07) is 8.00. The van der Waals surface area contributed by atoms with Gasteiger partial charge in [0.05, 0.1) is 0 Å². The Morgan fingerprint density at radius 2 is 2.10 bits per heavy atom. The Labute approximate surface area is 127 Å². The van der Waals surface area contributed by atoms with Crippen LogP contribution >= 0.6 is 0 Å². The number of rotatable bonds is 7. The number of benzene rings is 1. The minimum absolute atomic E-state index is 0.105. The Hall–Kier alpha value is -0.950. The summed E-state index contributed by atoms with van der Waals surface area (Å²) in [5.74, 6) is 0. The predicted molar refractivity (Wildman–Crippen MR) is 85.4 cm³/mol. The third-order valence-corrected chi connectivity index (χ3v) is 5.56. The molecule has 1 aliphatic rings. The van der Waals surface area contributed by atoms with E-state index in [4.69, 9.17) is 0 Å². The molecule has 118 valence electrons. The van der Waals surface area contributed by atoms with E-state index in [1.165, 1.54) is 9.87 Å². The van der Waals surface area contributed by atoms with Crippen molar-refractivity contribution < 1.29 is 8.42 Å². The minimum atomic E-state index is -3.43. The summed E-state index contributed by atoms with van der Waals surface area (Å²) in [6.45, 7) is 1.33. The molecule has 0 bridgehead atoms. The number of fused-ring (bicyclic) bond motifs is 1. The van der Waals surface area contributed by atoms with Crippen molar-refractivity contribution in [1.29, 1.82) is 0 Å². The van der Waals surface area contributed by atoms with Crippen molar-refractivity contribution in [3.63, 3.8) is 0 Å². The van der Waals surface area contributed by atoms with Crippen molar-refractivity contribution >= 4 is 10.2 Å². The average molecular weight is 311 g/mol. The molecule has 1 atom stereocenters. The highest BCUT2D eigenvalue weighted by atomic mass is 32.2. The Kier molecular flexibility index (Phi) is 5.75. The second-order valence-electron chi connectivity index (χ2n) is 5.55. The quantitative estimate of drug-likeness (QED) is 0.749. The molecular weight excluding hydrogens is 286 g/mol.